The Kier molecular flexibility index (Phi) is 7.42. The summed E-state index contributed by atoms with van der Waals surface area (Å²) in [4.78, 5) is 14.1. The first kappa shape index (κ1) is 19.1. The quantitative estimate of drug-likeness (QED) is 0.783. The molecule has 1 saturated heterocycles. The monoisotopic (exact) mass is 357 g/mol. The fraction of sp³-hybridized carbons (Fsp3) is 0.588. The van der Waals surface area contributed by atoms with E-state index in [9.17, 15) is 9.18 Å². The molecule has 1 heterocycles. The highest BCUT2D eigenvalue weighted by molar-refractivity contribution is 6.31. The molecule has 7 heteroatoms. The third kappa shape index (κ3) is 5.14. The van der Waals surface area contributed by atoms with E-state index in [4.69, 9.17) is 16.3 Å². The van der Waals surface area contributed by atoms with Crippen LogP contribution in [0.4, 0.5) is 4.39 Å². The molecular formula is C17H25ClFN3O2. The first-order chi connectivity index (χ1) is 11.5. The van der Waals surface area contributed by atoms with Crippen LogP contribution in [0, 0.1) is 5.82 Å². The summed E-state index contributed by atoms with van der Waals surface area (Å²) in [5.41, 5.74) is 0.433. The van der Waals surface area contributed by atoms with Crippen molar-refractivity contribution in [2.24, 2.45) is 0 Å². The van der Waals surface area contributed by atoms with E-state index >= 15 is 0 Å². The molecule has 2 N–H and O–H groups in total. The van der Waals surface area contributed by atoms with Gasteiger partial charge in [-0.1, -0.05) is 17.7 Å². The van der Waals surface area contributed by atoms with E-state index in [0.29, 0.717) is 49.8 Å². The van der Waals surface area contributed by atoms with Crippen molar-refractivity contribution >= 4 is 17.5 Å². The number of nitrogens with zero attached hydrogens (tertiary/aromatic N) is 1. The zero-order valence-corrected chi connectivity index (χ0v) is 14.9. The number of carbonyl (C=O) groups excluding carboxylic acids is 1. The van der Waals surface area contributed by atoms with Crippen molar-refractivity contribution < 1.29 is 13.9 Å². The molecular weight excluding hydrogens is 333 g/mol. The molecule has 1 fully saturated rings. The van der Waals surface area contributed by atoms with Crippen molar-refractivity contribution in [2.75, 3.05) is 39.8 Å². The second kappa shape index (κ2) is 9.32. The molecule has 0 spiro atoms. The van der Waals surface area contributed by atoms with E-state index in [2.05, 4.69) is 15.5 Å². The average Bonchev–Trinajstić information content (AvgIpc) is 2.55. The summed E-state index contributed by atoms with van der Waals surface area (Å²) in [6.07, 6.45) is 0.445. The largest absolute Gasteiger partial charge is 0.376 e. The number of halogens is 2. The van der Waals surface area contributed by atoms with Crippen molar-refractivity contribution in [1.29, 1.82) is 0 Å². The van der Waals surface area contributed by atoms with Crippen LogP contribution in [0.5, 0.6) is 0 Å². The minimum Gasteiger partial charge on any atom is -0.376 e. The Morgan fingerprint density at radius 3 is 3.00 bits per heavy atom. The highest BCUT2D eigenvalue weighted by Gasteiger charge is 2.29. The zero-order valence-electron chi connectivity index (χ0n) is 14.1. The van der Waals surface area contributed by atoms with Gasteiger partial charge in [-0.15, -0.1) is 0 Å². The molecule has 2 rings (SSSR count). The number of ether oxygens (including phenoxy) is 1. The average molecular weight is 358 g/mol. The van der Waals surface area contributed by atoms with Crippen molar-refractivity contribution in [1.82, 2.24) is 15.5 Å². The summed E-state index contributed by atoms with van der Waals surface area (Å²) in [6.45, 7) is 4.82. The van der Waals surface area contributed by atoms with Gasteiger partial charge in [0, 0.05) is 43.2 Å². The normalized spacial score (nSPS) is 19.9. The van der Waals surface area contributed by atoms with Crippen LogP contribution in [0.3, 0.4) is 0 Å². The molecule has 1 amide bonds. The molecule has 0 bridgehead atoms. The first-order valence-electron chi connectivity index (χ1n) is 8.23. The topological polar surface area (TPSA) is 53.6 Å². The van der Waals surface area contributed by atoms with Crippen LogP contribution in [0.15, 0.2) is 18.2 Å². The molecule has 2 unspecified atom stereocenters. The molecule has 0 saturated carbocycles. The van der Waals surface area contributed by atoms with Crippen molar-refractivity contribution in [3.63, 3.8) is 0 Å². The number of hydrogen-bond donors (Lipinski definition) is 2. The van der Waals surface area contributed by atoms with E-state index in [0.717, 1.165) is 0 Å². The fourth-order valence-electron chi connectivity index (χ4n) is 2.91. The van der Waals surface area contributed by atoms with Gasteiger partial charge < -0.3 is 15.4 Å². The molecule has 1 aromatic rings. The number of morpholine rings is 1. The minimum absolute atomic E-state index is 0.0618. The number of rotatable bonds is 7. The molecule has 0 aromatic heterocycles. The van der Waals surface area contributed by atoms with Crippen molar-refractivity contribution in [3.05, 3.63) is 34.6 Å². The summed E-state index contributed by atoms with van der Waals surface area (Å²) in [5, 5.41) is 6.21. The number of nitrogens with one attached hydrogen (secondary N) is 2. The lowest BCUT2D eigenvalue weighted by Gasteiger charge is -2.38. The smallest absolute Gasteiger partial charge is 0.221 e. The van der Waals surface area contributed by atoms with E-state index in [-0.39, 0.29) is 23.9 Å². The number of carbonyl (C=O) groups is 1. The Morgan fingerprint density at radius 1 is 1.54 bits per heavy atom. The van der Waals surface area contributed by atoms with Crippen LogP contribution in [-0.2, 0) is 9.53 Å². The van der Waals surface area contributed by atoms with Gasteiger partial charge >= 0.3 is 0 Å². The summed E-state index contributed by atoms with van der Waals surface area (Å²) in [7, 11) is 1.80. The summed E-state index contributed by atoms with van der Waals surface area (Å²) >= 11 is 6.26. The fourth-order valence-corrected chi connectivity index (χ4v) is 3.20. The molecule has 2 atom stereocenters. The molecule has 1 aliphatic rings. The highest BCUT2D eigenvalue weighted by atomic mass is 35.5. The van der Waals surface area contributed by atoms with Crippen LogP contribution < -0.4 is 10.6 Å². The lowest BCUT2D eigenvalue weighted by Crippen LogP contribution is -2.47. The van der Waals surface area contributed by atoms with Gasteiger partial charge in [-0.3, -0.25) is 9.69 Å². The second-order valence-corrected chi connectivity index (χ2v) is 6.39. The first-order valence-corrected chi connectivity index (χ1v) is 8.61. The third-order valence-corrected chi connectivity index (χ3v) is 4.47. The van der Waals surface area contributed by atoms with Crippen LogP contribution in [-0.4, -0.2) is 56.7 Å². The molecule has 24 heavy (non-hydrogen) atoms. The highest BCUT2D eigenvalue weighted by Crippen LogP contribution is 2.31. The van der Waals surface area contributed by atoms with Gasteiger partial charge in [0.1, 0.15) is 5.82 Å². The molecule has 1 aliphatic heterocycles. The predicted octanol–water partition coefficient (Wildman–Crippen LogP) is 1.97. The van der Waals surface area contributed by atoms with Gasteiger partial charge in [-0.05, 0) is 26.1 Å². The van der Waals surface area contributed by atoms with Crippen molar-refractivity contribution in [3.8, 4) is 0 Å². The number of amides is 1. The molecule has 134 valence electrons. The molecule has 0 aliphatic carbocycles. The maximum Gasteiger partial charge on any atom is 0.221 e. The molecule has 1 aromatic carbocycles. The van der Waals surface area contributed by atoms with Crippen molar-refractivity contribution in [2.45, 2.75) is 25.5 Å². The summed E-state index contributed by atoms with van der Waals surface area (Å²) in [5.74, 6) is -0.417. The van der Waals surface area contributed by atoms with Gasteiger partial charge in [-0.25, -0.2) is 4.39 Å². The maximum atomic E-state index is 14.4. The van der Waals surface area contributed by atoms with E-state index in [1.54, 1.807) is 19.2 Å². The summed E-state index contributed by atoms with van der Waals surface area (Å²) < 4.78 is 20.0. The zero-order chi connectivity index (χ0) is 17.5. The van der Waals surface area contributed by atoms with E-state index in [1.807, 2.05) is 6.92 Å². The minimum atomic E-state index is -0.351. The Hall–Kier alpha value is -1.21. The SMILES string of the molecule is CNCCC(=O)NCC(c1c(F)cccc1Cl)N1CCOC(C)C1. The Labute approximate surface area is 147 Å². The number of hydrogen-bond acceptors (Lipinski definition) is 4. The third-order valence-electron chi connectivity index (χ3n) is 4.14. The predicted molar refractivity (Wildman–Crippen MR) is 92.7 cm³/mol. The van der Waals surface area contributed by atoms with Crippen LogP contribution >= 0.6 is 11.6 Å². The van der Waals surface area contributed by atoms with Gasteiger partial charge in [0.2, 0.25) is 5.91 Å². The van der Waals surface area contributed by atoms with E-state index in [1.165, 1.54) is 6.07 Å². The number of benzene rings is 1. The Bertz CT molecular complexity index is 538. The Balaban J connectivity index is 2.16. The molecule has 5 nitrogen and oxygen atoms in total. The van der Waals surface area contributed by atoms with Gasteiger partial charge in [-0.2, -0.15) is 0 Å². The van der Waals surface area contributed by atoms with Crippen LogP contribution in [0.2, 0.25) is 5.02 Å². The van der Waals surface area contributed by atoms with E-state index < -0.39 is 0 Å². The lowest BCUT2D eigenvalue weighted by atomic mass is 10.0. The maximum absolute atomic E-state index is 14.4. The van der Waals surface area contributed by atoms with Crippen LogP contribution in [0.1, 0.15) is 24.9 Å². The van der Waals surface area contributed by atoms with Gasteiger partial charge in [0.25, 0.3) is 0 Å². The van der Waals surface area contributed by atoms with Gasteiger partial charge in [0.05, 0.1) is 18.8 Å². The Morgan fingerprint density at radius 2 is 2.33 bits per heavy atom. The van der Waals surface area contributed by atoms with Crippen LogP contribution in [0.25, 0.3) is 0 Å². The standard InChI is InChI=1S/C17H25ClFN3O2/c1-12-11-22(8-9-24-12)15(10-21-16(23)6-7-20-2)17-13(18)4-3-5-14(17)19/h3-5,12,15,20H,6-11H2,1-2H3,(H,21,23). The lowest BCUT2D eigenvalue weighted by molar-refractivity contribution is -0.121. The second-order valence-electron chi connectivity index (χ2n) is 5.99. The van der Waals surface area contributed by atoms with Gasteiger partial charge in [0.15, 0.2) is 0 Å². The summed E-state index contributed by atoms with van der Waals surface area (Å²) in [6, 6.07) is 4.36. The molecule has 0 radical (unpaired) electrons.